The van der Waals surface area contributed by atoms with Crippen LogP contribution >= 0.6 is 15.9 Å². The third-order valence-corrected chi connectivity index (χ3v) is 6.91. The van der Waals surface area contributed by atoms with E-state index in [0.29, 0.717) is 17.9 Å². The van der Waals surface area contributed by atoms with Crippen molar-refractivity contribution in [2.75, 3.05) is 6.54 Å². The van der Waals surface area contributed by atoms with E-state index >= 15 is 0 Å². The highest BCUT2D eigenvalue weighted by molar-refractivity contribution is 9.10. The van der Waals surface area contributed by atoms with Crippen LogP contribution in [0, 0.1) is 13.8 Å². The van der Waals surface area contributed by atoms with E-state index in [-0.39, 0.29) is 12.1 Å². The van der Waals surface area contributed by atoms with Crippen LogP contribution in [0.15, 0.2) is 21.5 Å². The van der Waals surface area contributed by atoms with Crippen LogP contribution in [-0.4, -0.2) is 31.4 Å². The van der Waals surface area contributed by atoms with E-state index in [2.05, 4.69) is 15.9 Å². The molecule has 4 nitrogen and oxygen atoms in total. The Labute approximate surface area is 129 Å². The lowest BCUT2D eigenvalue weighted by atomic mass is 10.0. The molecule has 1 fully saturated rings. The molecule has 0 aromatic heterocycles. The summed E-state index contributed by atoms with van der Waals surface area (Å²) in [5.74, 6) is 0. The zero-order chi connectivity index (χ0) is 15.1. The Bertz CT molecular complexity index is 616. The fraction of sp³-hybridized carbons (Fsp3) is 0.571. The van der Waals surface area contributed by atoms with Gasteiger partial charge in [0.15, 0.2) is 0 Å². The van der Waals surface area contributed by atoms with Crippen LogP contribution in [0.1, 0.15) is 30.9 Å². The molecule has 2 rings (SSSR count). The van der Waals surface area contributed by atoms with Crippen molar-refractivity contribution in [3.8, 4) is 0 Å². The highest BCUT2D eigenvalue weighted by Gasteiger charge is 2.34. The quantitative estimate of drug-likeness (QED) is 0.881. The minimum absolute atomic E-state index is 0.0490. The summed E-state index contributed by atoms with van der Waals surface area (Å²) >= 11 is 3.44. The first-order valence-corrected chi connectivity index (χ1v) is 9.01. The molecule has 1 aliphatic heterocycles. The molecule has 0 radical (unpaired) electrons. The number of benzene rings is 1. The molecule has 2 N–H and O–H groups in total. The van der Waals surface area contributed by atoms with Crippen LogP contribution in [0.4, 0.5) is 0 Å². The third-order valence-electron chi connectivity index (χ3n) is 3.90. The lowest BCUT2D eigenvalue weighted by Gasteiger charge is -2.35. The van der Waals surface area contributed by atoms with Crippen LogP contribution in [-0.2, 0) is 10.0 Å². The number of piperidine rings is 1. The molecule has 0 bridgehead atoms. The normalized spacial score (nSPS) is 24.9. The summed E-state index contributed by atoms with van der Waals surface area (Å²) in [5.41, 5.74) is 7.61. The largest absolute Gasteiger partial charge is 0.328 e. The van der Waals surface area contributed by atoms with Crippen molar-refractivity contribution in [1.82, 2.24) is 4.31 Å². The Morgan fingerprint density at radius 1 is 1.30 bits per heavy atom. The summed E-state index contributed by atoms with van der Waals surface area (Å²) in [6.45, 7) is 6.16. The number of rotatable bonds is 2. The minimum atomic E-state index is -3.45. The average molecular weight is 361 g/mol. The van der Waals surface area contributed by atoms with Gasteiger partial charge in [-0.3, -0.25) is 0 Å². The molecule has 1 aromatic rings. The summed E-state index contributed by atoms with van der Waals surface area (Å²) in [4.78, 5) is 0.403. The monoisotopic (exact) mass is 360 g/mol. The Morgan fingerprint density at radius 2 is 1.95 bits per heavy atom. The Balaban J connectivity index is 2.43. The molecular weight excluding hydrogens is 340 g/mol. The van der Waals surface area contributed by atoms with Crippen molar-refractivity contribution >= 4 is 26.0 Å². The van der Waals surface area contributed by atoms with Gasteiger partial charge in [0, 0.05) is 23.1 Å². The number of aryl methyl sites for hydroxylation is 2. The molecule has 0 saturated carbocycles. The van der Waals surface area contributed by atoms with E-state index in [0.717, 1.165) is 22.0 Å². The molecule has 1 aliphatic rings. The van der Waals surface area contributed by atoms with Crippen LogP contribution in [0.3, 0.4) is 0 Å². The van der Waals surface area contributed by atoms with Gasteiger partial charge in [-0.25, -0.2) is 8.42 Å². The standard InChI is InChI=1S/C14H21BrN2O2S/c1-9-7-14(10(2)6-13(9)15)20(18,19)17-5-4-12(16)8-11(17)3/h6-7,11-12H,4-5,8,16H2,1-3H3/t11-,12+/m0/s1. The van der Waals surface area contributed by atoms with Gasteiger partial charge in [-0.15, -0.1) is 0 Å². The van der Waals surface area contributed by atoms with Crippen molar-refractivity contribution < 1.29 is 8.42 Å². The number of nitrogens with two attached hydrogens (primary N) is 1. The summed E-state index contributed by atoms with van der Waals surface area (Å²) in [6, 6.07) is 3.66. The summed E-state index contributed by atoms with van der Waals surface area (Å²) in [7, 11) is -3.45. The summed E-state index contributed by atoms with van der Waals surface area (Å²) in [6.07, 6.45) is 1.44. The lowest BCUT2D eigenvalue weighted by molar-refractivity contribution is 0.247. The topological polar surface area (TPSA) is 63.4 Å². The summed E-state index contributed by atoms with van der Waals surface area (Å²) < 4.78 is 28.2. The molecule has 6 heteroatoms. The molecule has 0 amide bonds. The molecule has 2 atom stereocenters. The van der Waals surface area contributed by atoms with Gasteiger partial charge >= 0.3 is 0 Å². The number of nitrogens with zero attached hydrogens (tertiary/aromatic N) is 1. The number of hydrogen-bond donors (Lipinski definition) is 1. The highest BCUT2D eigenvalue weighted by atomic mass is 79.9. The third kappa shape index (κ3) is 2.93. The minimum Gasteiger partial charge on any atom is -0.328 e. The first-order valence-electron chi connectivity index (χ1n) is 6.77. The van der Waals surface area contributed by atoms with E-state index in [1.54, 1.807) is 10.4 Å². The maximum Gasteiger partial charge on any atom is 0.243 e. The fourth-order valence-corrected chi connectivity index (χ4v) is 5.11. The van der Waals surface area contributed by atoms with Crippen LogP contribution in [0.2, 0.25) is 0 Å². The predicted molar refractivity (Wildman–Crippen MR) is 84.2 cm³/mol. The van der Waals surface area contributed by atoms with Gasteiger partial charge in [-0.2, -0.15) is 4.31 Å². The maximum absolute atomic E-state index is 12.9. The zero-order valence-electron chi connectivity index (χ0n) is 12.1. The van der Waals surface area contributed by atoms with E-state index in [1.807, 2.05) is 26.8 Å². The molecule has 20 heavy (non-hydrogen) atoms. The lowest BCUT2D eigenvalue weighted by Crippen LogP contribution is -2.48. The van der Waals surface area contributed by atoms with Crippen molar-refractivity contribution in [2.45, 2.75) is 50.6 Å². The Hall–Kier alpha value is -0.430. The molecule has 0 unspecified atom stereocenters. The Morgan fingerprint density at radius 3 is 2.55 bits per heavy atom. The summed E-state index contributed by atoms with van der Waals surface area (Å²) in [5, 5.41) is 0. The number of sulfonamides is 1. The van der Waals surface area contributed by atoms with Gasteiger partial charge in [0.05, 0.1) is 4.90 Å². The predicted octanol–water partition coefficient (Wildman–Crippen LogP) is 2.57. The highest BCUT2D eigenvalue weighted by Crippen LogP contribution is 2.29. The van der Waals surface area contributed by atoms with Crippen molar-refractivity contribution in [1.29, 1.82) is 0 Å². The van der Waals surface area contributed by atoms with Crippen molar-refractivity contribution in [2.24, 2.45) is 5.73 Å². The second-order valence-corrected chi connectivity index (χ2v) is 8.33. The second kappa shape index (κ2) is 5.75. The molecule has 1 heterocycles. The molecule has 0 aliphatic carbocycles. The van der Waals surface area contributed by atoms with E-state index in [9.17, 15) is 8.42 Å². The van der Waals surface area contributed by atoms with E-state index < -0.39 is 10.0 Å². The Kier molecular flexibility index (Phi) is 4.59. The van der Waals surface area contributed by atoms with Gasteiger partial charge in [-0.1, -0.05) is 15.9 Å². The van der Waals surface area contributed by atoms with Crippen LogP contribution in [0.25, 0.3) is 0 Å². The van der Waals surface area contributed by atoms with Gasteiger partial charge < -0.3 is 5.73 Å². The van der Waals surface area contributed by atoms with Gasteiger partial charge in [0.2, 0.25) is 10.0 Å². The van der Waals surface area contributed by atoms with Crippen LogP contribution < -0.4 is 5.73 Å². The molecule has 112 valence electrons. The van der Waals surface area contributed by atoms with Crippen molar-refractivity contribution in [3.05, 3.63) is 27.7 Å². The van der Waals surface area contributed by atoms with E-state index in [4.69, 9.17) is 5.73 Å². The average Bonchev–Trinajstić information content (AvgIpc) is 2.33. The fourth-order valence-electron chi connectivity index (χ4n) is 2.70. The van der Waals surface area contributed by atoms with Crippen molar-refractivity contribution in [3.63, 3.8) is 0 Å². The molecule has 0 spiro atoms. The smallest absolute Gasteiger partial charge is 0.243 e. The maximum atomic E-state index is 12.9. The molecule has 1 saturated heterocycles. The molecule has 1 aromatic carbocycles. The number of hydrogen-bond acceptors (Lipinski definition) is 3. The number of halogens is 1. The SMILES string of the molecule is Cc1cc(S(=O)(=O)N2CC[C@@H](N)C[C@@H]2C)c(C)cc1Br. The van der Waals surface area contributed by atoms with Gasteiger partial charge in [-0.05, 0) is 56.9 Å². The van der Waals surface area contributed by atoms with Gasteiger partial charge in [0.1, 0.15) is 0 Å². The second-order valence-electron chi connectivity index (χ2n) is 5.62. The van der Waals surface area contributed by atoms with E-state index in [1.165, 1.54) is 0 Å². The zero-order valence-corrected chi connectivity index (χ0v) is 14.5. The van der Waals surface area contributed by atoms with Gasteiger partial charge in [0.25, 0.3) is 0 Å². The van der Waals surface area contributed by atoms with Crippen LogP contribution in [0.5, 0.6) is 0 Å². The molecular formula is C14H21BrN2O2S. The first-order chi connectivity index (χ1) is 9.23. The first kappa shape index (κ1) is 15.9.